The number of nitriles is 1. The van der Waals surface area contributed by atoms with Crippen molar-refractivity contribution >= 4 is 11.6 Å². The summed E-state index contributed by atoms with van der Waals surface area (Å²) in [4.78, 5) is 25.2. The lowest BCUT2D eigenvalue weighted by atomic mass is 10.1. The third kappa shape index (κ3) is 3.62. The van der Waals surface area contributed by atoms with Crippen LogP contribution in [0.1, 0.15) is 12.5 Å². The lowest BCUT2D eigenvalue weighted by Crippen LogP contribution is -2.53. The first-order chi connectivity index (χ1) is 14.5. The maximum absolute atomic E-state index is 14.2. The minimum absolute atomic E-state index is 0.0557. The van der Waals surface area contributed by atoms with Crippen molar-refractivity contribution in [2.24, 2.45) is 7.05 Å². The largest absolute Gasteiger partial charge is 0.368 e. The van der Waals surface area contributed by atoms with E-state index in [2.05, 4.69) is 32.8 Å². The van der Waals surface area contributed by atoms with E-state index in [9.17, 15) is 9.18 Å². The monoisotopic (exact) mass is 404 g/mol. The number of pyridine rings is 1. The molecular weight excluding hydrogens is 383 g/mol. The molecule has 0 N–H and O–H groups in total. The highest BCUT2D eigenvalue weighted by atomic mass is 19.1. The Morgan fingerprint density at radius 2 is 2.07 bits per heavy atom. The number of piperazine rings is 1. The van der Waals surface area contributed by atoms with Gasteiger partial charge in [-0.25, -0.2) is 9.37 Å². The number of aromatic nitrogens is 3. The first-order valence-corrected chi connectivity index (χ1v) is 9.67. The van der Waals surface area contributed by atoms with Gasteiger partial charge in [-0.05, 0) is 31.2 Å². The molecule has 1 aromatic carbocycles. The van der Waals surface area contributed by atoms with E-state index in [1.807, 2.05) is 18.2 Å². The first kappa shape index (κ1) is 19.6. The van der Waals surface area contributed by atoms with Crippen LogP contribution in [0.15, 0.2) is 53.6 Å². The van der Waals surface area contributed by atoms with Crippen molar-refractivity contribution in [2.45, 2.75) is 13.0 Å². The average Bonchev–Trinajstić information content (AvgIpc) is 2.76. The zero-order valence-electron chi connectivity index (χ0n) is 16.8. The molecular formula is C22H21FN6O. The zero-order chi connectivity index (χ0) is 21.3. The predicted molar refractivity (Wildman–Crippen MR) is 113 cm³/mol. The summed E-state index contributed by atoms with van der Waals surface area (Å²) in [6.07, 6.45) is 2.60. The molecule has 1 aliphatic rings. The summed E-state index contributed by atoms with van der Waals surface area (Å²) in [7, 11) is 1.67. The van der Waals surface area contributed by atoms with Crippen molar-refractivity contribution < 1.29 is 4.39 Å². The molecule has 152 valence electrons. The highest BCUT2D eigenvalue weighted by molar-refractivity contribution is 5.61. The molecule has 1 saturated heterocycles. The summed E-state index contributed by atoms with van der Waals surface area (Å²) in [6.45, 7) is 4.12. The summed E-state index contributed by atoms with van der Waals surface area (Å²) in [5.74, 6) is -0.00826. The second-order valence-corrected chi connectivity index (χ2v) is 7.34. The molecule has 0 bridgehead atoms. The highest BCUT2D eigenvalue weighted by Crippen LogP contribution is 2.25. The number of anilines is 2. The van der Waals surface area contributed by atoms with E-state index in [4.69, 9.17) is 5.26 Å². The van der Waals surface area contributed by atoms with Crippen LogP contribution in [-0.4, -0.2) is 40.2 Å². The third-order valence-electron chi connectivity index (χ3n) is 5.38. The molecule has 1 aliphatic heterocycles. The number of nitrogens with zero attached hydrogens (tertiary/aromatic N) is 6. The van der Waals surface area contributed by atoms with Crippen molar-refractivity contribution in [2.75, 3.05) is 29.4 Å². The van der Waals surface area contributed by atoms with Crippen LogP contribution >= 0.6 is 0 Å². The Labute approximate surface area is 173 Å². The normalized spacial score (nSPS) is 16.4. The summed E-state index contributed by atoms with van der Waals surface area (Å²) >= 11 is 0. The Morgan fingerprint density at radius 3 is 2.80 bits per heavy atom. The molecule has 1 unspecified atom stereocenters. The fourth-order valence-electron chi connectivity index (χ4n) is 3.77. The summed E-state index contributed by atoms with van der Waals surface area (Å²) in [5.41, 5.74) is 1.92. The molecule has 1 atom stereocenters. The smallest absolute Gasteiger partial charge is 0.255 e. The number of hydrogen-bond acceptors (Lipinski definition) is 6. The summed E-state index contributed by atoms with van der Waals surface area (Å²) in [5, 5.41) is 9.15. The van der Waals surface area contributed by atoms with Crippen LogP contribution in [0.25, 0.3) is 11.3 Å². The second kappa shape index (κ2) is 7.95. The van der Waals surface area contributed by atoms with Gasteiger partial charge < -0.3 is 9.80 Å². The van der Waals surface area contributed by atoms with Gasteiger partial charge in [0.15, 0.2) is 5.82 Å². The second-order valence-electron chi connectivity index (χ2n) is 7.34. The van der Waals surface area contributed by atoms with Gasteiger partial charge in [0, 0.05) is 56.2 Å². The maximum Gasteiger partial charge on any atom is 0.255 e. The van der Waals surface area contributed by atoms with Gasteiger partial charge in [-0.1, -0.05) is 6.07 Å². The molecule has 0 amide bonds. The Bertz CT molecular complexity index is 1180. The minimum atomic E-state index is -0.514. The van der Waals surface area contributed by atoms with Gasteiger partial charge in [-0.3, -0.25) is 14.3 Å². The Morgan fingerprint density at radius 1 is 1.23 bits per heavy atom. The van der Waals surface area contributed by atoms with Crippen LogP contribution in [0.4, 0.5) is 16.0 Å². The van der Waals surface area contributed by atoms with Crippen LogP contribution in [0.3, 0.4) is 0 Å². The van der Waals surface area contributed by atoms with Crippen molar-refractivity contribution in [3.8, 4) is 17.3 Å². The van der Waals surface area contributed by atoms with Gasteiger partial charge in [0.25, 0.3) is 5.56 Å². The molecule has 2 aromatic heterocycles. The minimum Gasteiger partial charge on any atom is -0.368 e. The molecule has 30 heavy (non-hydrogen) atoms. The number of hydrogen-bond donors (Lipinski definition) is 0. The number of halogens is 1. The van der Waals surface area contributed by atoms with E-state index in [-0.39, 0.29) is 17.2 Å². The molecule has 8 heteroatoms. The Kier molecular flexibility index (Phi) is 5.19. The fourth-order valence-corrected chi connectivity index (χ4v) is 3.77. The number of rotatable bonds is 3. The van der Waals surface area contributed by atoms with E-state index in [1.165, 1.54) is 22.9 Å². The summed E-state index contributed by atoms with van der Waals surface area (Å²) < 4.78 is 15.7. The van der Waals surface area contributed by atoms with E-state index < -0.39 is 5.82 Å². The van der Waals surface area contributed by atoms with Gasteiger partial charge in [-0.2, -0.15) is 5.26 Å². The number of benzene rings is 1. The average molecular weight is 404 g/mol. The molecule has 4 rings (SSSR count). The fraction of sp³-hybridized carbons (Fsp3) is 0.273. The third-order valence-corrected chi connectivity index (χ3v) is 5.38. The molecule has 3 aromatic rings. The lowest BCUT2D eigenvalue weighted by molar-refractivity contribution is 0.529. The molecule has 1 fully saturated rings. The van der Waals surface area contributed by atoms with Crippen molar-refractivity contribution in [1.29, 1.82) is 5.26 Å². The van der Waals surface area contributed by atoms with Gasteiger partial charge in [0.05, 0.1) is 23.5 Å². The van der Waals surface area contributed by atoms with Crippen molar-refractivity contribution in [3.63, 3.8) is 0 Å². The van der Waals surface area contributed by atoms with Gasteiger partial charge in [0.1, 0.15) is 0 Å². The standard InChI is InChI=1S/C22H21FN6O/c1-15-14-28(17-5-3-4-16(10-17)12-24)8-9-29(15)22-26-20(11-21(30)27(22)2)18-6-7-25-13-19(18)23/h3-7,10-11,13,15H,8-9,14H2,1-2H3. The van der Waals surface area contributed by atoms with Crippen LogP contribution in [0.2, 0.25) is 0 Å². The highest BCUT2D eigenvalue weighted by Gasteiger charge is 2.27. The van der Waals surface area contributed by atoms with E-state index >= 15 is 0 Å². The van der Waals surface area contributed by atoms with Crippen molar-refractivity contribution in [1.82, 2.24) is 14.5 Å². The quantitative estimate of drug-likeness (QED) is 0.668. The Balaban J connectivity index is 1.64. The lowest BCUT2D eigenvalue weighted by Gasteiger charge is -2.42. The predicted octanol–water partition coefficient (Wildman–Crippen LogP) is 2.57. The first-order valence-electron chi connectivity index (χ1n) is 9.67. The van der Waals surface area contributed by atoms with E-state index in [0.717, 1.165) is 11.9 Å². The van der Waals surface area contributed by atoms with Crippen LogP contribution in [-0.2, 0) is 7.05 Å². The molecule has 0 aliphatic carbocycles. The van der Waals surface area contributed by atoms with Crippen LogP contribution in [0, 0.1) is 17.1 Å². The van der Waals surface area contributed by atoms with Gasteiger partial charge in [-0.15, -0.1) is 0 Å². The van der Waals surface area contributed by atoms with Gasteiger partial charge >= 0.3 is 0 Å². The van der Waals surface area contributed by atoms with Crippen LogP contribution in [0.5, 0.6) is 0 Å². The molecule has 3 heterocycles. The topological polar surface area (TPSA) is 78.1 Å². The zero-order valence-corrected chi connectivity index (χ0v) is 16.8. The van der Waals surface area contributed by atoms with Crippen molar-refractivity contribution in [3.05, 3.63) is 70.5 Å². The molecule has 0 spiro atoms. The molecule has 7 nitrogen and oxygen atoms in total. The van der Waals surface area contributed by atoms with E-state index in [0.29, 0.717) is 36.8 Å². The molecule has 0 saturated carbocycles. The maximum atomic E-state index is 14.2. The molecule has 0 radical (unpaired) electrons. The van der Waals surface area contributed by atoms with E-state index in [1.54, 1.807) is 13.1 Å². The van der Waals surface area contributed by atoms with Gasteiger partial charge in [0.2, 0.25) is 5.95 Å². The SMILES string of the molecule is CC1CN(c2cccc(C#N)c2)CCN1c1nc(-c2ccncc2F)cc(=O)n1C. The summed E-state index contributed by atoms with van der Waals surface area (Å²) in [6, 6.07) is 12.6. The Hall–Kier alpha value is -3.73. The van der Waals surface area contributed by atoms with Crippen LogP contribution < -0.4 is 15.4 Å².